The number of nitrogens with two attached hydrogens (primary N) is 1. The Kier molecular flexibility index (Phi) is 4.39. The van der Waals surface area contributed by atoms with Crippen molar-refractivity contribution in [3.63, 3.8) is 0 Å². The van der Waals surface area contributed by atoms with E-state index in [1.807, 2.05) is 6.92 Å². The summed E-state index contributed by atoms with van der Waals surface area (Å²) in [7, 11) is 0. The zero-order valence-electron chi connectivity index (χ0n) is 11.6. The summed E-state index contributed by atoms with van der Waals surface area (Å²) in [5, 5.41) is 9.23. The lowest BCUT2D eigenvalue weighted by molar-refractivity contribution is -0.120. The van der Waals surface area contributed by atoms with Gasteiger partial charge in [-0.1, -0.05) is 19.4 Å². The average molecular weight is 276 g/mol. The monoisotopic (exact) mass is 276 g/mol. The Labute approximate surface area is 118 Å². The van der Waals surface area contributed by atoms with E-state index in [0.29, 0.717) is 25.1 Å². The van der Waals surface area contributed by atoms with Gasteiger partial charge in [-0.05, 0) is 37.0 Å². The van der Waals surface area contributed by atoms with Gasteiger partial charge in [-0.3, -0.25) is 4.79 Å². The van der Waals surface area contributed by atoms with E-state index in [1.165, 1.54) is 0 Å². The molecule has 0 fully saturated rings. The van der Waals surface area contributed by atoms with Gasteiger partial charge in [-0.2, -0.15) is 0 Å². The highest BCUT2D eigenvalue weighted by Crippen LogP contribution is 2.30. The molecule has 1 aliphatic heterocycles. The van der Waals surface area contributed by atoms with E-state index < -0.39 is 12.0 Å². The fourth-order valence-electron chi connectivity index (χ4n) is 2.69. The van der Waals surface area contributed by atoms with Crippen LogP contribution in [0.5, 0.6) is 0 Å². The summed E-state index contributed by atoms with van der Waals surface area (Å²) in [4.78, 5) is 25.3. The van der Waals surface area contributed by atoms with Crippen LogP contribution in [-0.4, -0.2) is 29.6 Å². The number of carboxylic acids is 1. The lowest BCUT2D eigenvalue weighted by atomic mass is 9.95. The van der Waals surface area contributed by atoms with Gasteiger partial charge >= 0.3 is 5.97 Å². The SMILES string of the molecule is CCC[C@@H](N)C(=O)N1CCCc2c(C(=O)O)cccc21. The van der Waals surface area contributed by atoms with E-state index in [2.05, 4.69) is 0 Å². The van der Waals surface area contributed by atoms with E-state index >= 15 is 0 Å². The fourth-order valence-corrected chi connectivity index (χ4v) is 2.69. The highest BCUT2D eigenvalue weighted by Gasteiger charge is 2.28. The standard InChI is InChI=1S/C15H20N2O3/c1-2-5-12(16)14(18)17-9-4-7-10-11(15(19)20)6-3-8-13(10)17/h3,6,8,12H,2,4-5,7,9,16H2,1H3,(H,19,20)/t12-/m1/s1. The van der Waals surface area contributed by atoms with Gasteiger partial charge in [0.15, 0.2) is 0 Å². The fraction of sp³-hybridized carbons (Fsp3) is 0.467. The molecule has 2 rings (SSSR count). The third-order valence-electron chi connectivity index (χ3n) is 3.66. The van der Waals surface area contributed by atoms with Gasteiger partial charge < -0.3 is 15.7 Å². The van der Waals surface area contributed by atoms with Crippen LogP contribution in [0.4, 0.5) is 5.69 Å². The number of hydrogen-bond donors (Lipinski definition) is 2. The molecule has 108 valence electrons. The minimum atomic E-state index is -0.950. The molecule has 3 N–H and O–H groups in total. The summed E-state index contributed by atoms with van der Waals surface area (Å²) in [6.07, 6.45) is 2.94. The maximum atomic E-state index is 12.4. The van der Waals surface area contributed by atoms with Gasteiger partial charge in [0.2, 0.25) is 5.91 Å². The van der Waals surface area contributed by atoms with E-state index in [-0.39, 0.29) is 11.5 Å². The van der Waals surface area contributed by atoms with Crippen LogP contribution in [0.15, 0.2) is 18.2 Å². The molecule has 1 aromatic rings. The zero-order valence-corrected chi connectivity index (χ0v) is 11.6. The number of fused-ring (bicyclic) bond motifs is 1. The van der Waals surface area contributed by atoms with Crippen molar-refractivity contribution in [2.75, 3.05) is 11.4 Å². The van der Waals surface area contributed by atoms with Crippen molar-refractivity contribution in [1.82, 2.24) is 0 Å². The second-order valence-electron chi connectivity index (χ2n) is 5.10. The highest BCUT2D eigenvalue weighted by atomic mass is 16.4. The molecule has 0 spiro atoms. The van der Waals surface area contributed by atoms with E-state index in [1.54, 1.807) is 23.1 Å². The molecule has 0 aliphatic carbocycles. The molecule has 0 saturated carbocycles. The lowest BCUT2D eigenvalue weighted by Gasteiger charge is -2.32. The highest BCUT2D eigenvalue weighted by molar-refractivity contribution is 6.00. The Morgan fingerprint density at radius 1 is 1.45 bits per heavy atom. The number of nitrogens with zero attached hydrogens (tertiary/aromatic N) is 1. The van der Waals surface area contributed by atoms with Crippen LogP contribution in [0.1, 0.15) is 42.1 Å². The van der Waals surface area contributed by atoms with Crippen LogP contribution in [0, 0.1) is 0 Å². The first kappa shape index (κ1) is 14.5. The van der Waals surface area contributed by atoms with Gasteiger partial charge in [0.1, 0.15) is 0 Å². The van der Waals surface area contributed by atoms with Gasteiger partial charge in [-0.15, -0.1) is 0 Å². The van der Waals surface area contributed by atoms with Crippen molar-refractivity contribution in [3.8, 4) is 0 Å². The van der Waals surface area contributed by atoms with Crippen molar-refractivity contribution in [2.45, 2.75) is 38.6 Å². The van der Waals surface area contributed by atoms with Gasteiger partial charge in [0.25, 0.3) is 0 Å². The Balaban J connectivity index is 2.36. The summed E-state index contributed by atoms with van der Waals surface area (Å²) >= 11 is 0. The molecule has 0 aromatic heterocycles. The van der Waals surface area contributed by atoms with Crippen molar-refractivity contribution in [2.24, 2.45) is 5.73 Å². The number of carboxylic acid groups (broad SMARTS) is 1. The molecule has 5 nitrogen and oxygen atoms in total. The third-order valence-corrected chi connectivity index (χ3v) is 3.66. The number of rotatable bonds is 4. The van der Waals surface area contributed by atoms with Crippen molar-refractivity contribution in [3.05, 3.63) is 29.3 Å². The zero-order chi connectivity index (χ0) is 14.7. The molecule has 0 unspecified atom stereocenters. The minimum absolute atomic E-state index is 0.115. The molecule has 1 aromatic carbocycles. The number of aromatic carboxylic acids is 1. The van der Waals surface area contributed by atoms with Crippen LogP contribution in [0.2, 0.25) is 0 Å². The van der Waals surface area contributed by atoms with E-state index in [9.17, 15) is 14.7 Å². The molecule has 1 amide bonds. The van der Waals surface area contributed by atoms with E-state index in [0.717, 1.165) is 18.4 Å². The summed E-state index contributed by atoms with van der Waals surface area (Å²) < 4.78 is 0. The summed E-state index contributed by atoms with van der Waals surface area (Å²) in [6.45, 7) is 2.59. The summed E-state index contributed by atoms with van der Waals surface area (Å²) in [5.74, 6) is -1.07. The maximum absolute atomic E-state index is 12.4. The molecule has 0 radical (unpaired) electrons. The number of hydrogen-bond acceptors (Lipinski definition) is 3. The van der Waals surface area contributed by atoms with Gasteiger partial charge in [0, 0.05) is 12.2 Å². The first-order valence-corrected chi connectivity index (χ1v) is 6.98. The van der Waals surface area contributed by atoms with Crippen molar-refractivity contribution in [1.29, 1.82) is 0 Å². The van der Waals surface area contributed by atoms with Crippen LogP contribution < -0.4 is 10.6 Å². The molecule has 0 saturated heterocycles. The molecule has 1 aliphatic rings. The largest absolute Gasteiger partial charge is 0.478 e. The molecule has 1 heterocycles. The Morgan fingerprint density at radius 3 is 2.85 bits per heavy atom. The quantitative estimate of drug-likeness (QED) is 0.878. The van der Waals surface area contributed by atoms with Gasteiger partial charge in [-0.25, -0.2) is 4.79 Å². The minimum Gasteiger partial charge on any atom is -0.478 e. The normalized spacial score (nSPS) is 15.6. The summed E-state index contributed by atoms with van der Waals surface area (Å²) in [5.41, 5.74) is 7.63. The molecule has 0 bridgehead atoms. The molecule has 1 atom stereocenters. The third kappa shape index (κ3) is 2.67. The molecule has 20 heavy (non-hydrogen) atoms. The topological polar surface area (TPSA) is 83.6 Å². The van der Waals surface area contributed by atoms with Gasteiger partial charge in [0.05, 0.1) is 11.6 Å². The lowest BCUT2D eigenvalue weighted by Crippen LogP contribution is -2.46. The Hall–Kier alpha value is -1.88. The maximum Gasteiger partial charge on any atom is 0.336 e. The van der Waals surface area contributed by atoms with Crippen LogP contribution >= 0.6 is 0 Å². The van der Waals surface area contributed by atoms with Crippen molar-refractivity contribution < 1.29 is 14.7 Å². The van der Waals surface area contributed by atoms with Crippen molar-refractivity contribution >= 4 is 17.6 Å². The van der Waals surface area contributed by atoms with Crippen LogP contribution in [0.3, 0.4) is 0 Å². The first-order valence-electron chi connectivity index (χ1n) is 6.98. The number of benzene rings is 1. The number of carbonyl (C=O) groups excluding carboxylic acids is 1. The molecular formula is C15H20N2O3. The molecular weight excluding hydrogens is 256 g/mol. The predicted molar refractivity (Wildman–Crippen MR) is 77.0 cm³/mol. The smallest absolute Gasteiger partial charge is 0.336 e. The summed E-state index contributed by atoms with van der Waals surface area (Å²) in [6, 6.07) is 4.55. The Morgan fingerprint density at radius 2 is 2.20 bits per heavy atom. The number of anilines is 1. The number of amides is 1. The molecule has 5 heteroatoms. The van der Waals surface area contributed by atoms with Crippen LogP contribution in [0.25, 0.3) is 0 Å². The second kappa shape index (κ2) is 6.05. The Bertz CT molecular complexity index is 528. The predicted octanol–water partition coefficient (Wildman–Crippen LogP) is 1.79. The second-order valence-corrected chi connectivity index (χ2v) is 5.10. The first-order chi connectivity index (χ1) is 9.56. The average Bonchev–Trinajstić information content (AvgIpc) is 2.45. The van der Waals surface area contributed by atoms with E-state index in [4.69, 9.17) is 5.73 Å². The number of carbonyl (C=O) groups is 2. The van der Waals surface area contributed by atoms with Crippen LogP contribution in [-0.2, 0) is 11.2 Å².